The van der Waals surface area contributed by atoms with E-state index in [0.29, 0.717) is 0 Å². The Morgan fingerprint density at radius 3 is 2.03 bits per heavy atom. The fraction of sp³-hybridized carbons (Fsp3) is 0.417. The largest absolute Gasteiger partial charge is 0.473 e. The molecular weight excluding hydrogens is 398 g/mol. The van der Waals surface area contributed by atoms with Crippen LogP contribution in [0.15, 0.2) is 58.3 Å². The topological polar surface area (TPSA) is 77.8 Å². The van der Waals surface area contributed by atoms with E-state index in [4.69, 9.17) is 19.8 Å². The molecule has 2 aliphatic heterocycles. The molecule has 0 spiro atoms. The Kier molecular flexibility index (Phi) is 7.21. The highest BCUT2D eigenvalue weighted by Crippen LogP contribution is 2.53. The van der Waals surface area contributed by atoms with Gasteiger partial charge in [0.2, 0.25) is 0 Å². The lowest BCUT2D eigenvalue weighted by Crippen LogP contribution is -2.39. The van der Waals surface area contributed by atoms with Crippen LogP contribution >= 0.6 is 11.8 Å². The molecule has 6 heteroatoms. The summed E-state index contributed by atoms with van der Waals surface area (Å²) in [6.45, 7) is 4.90. The molecule has 0 radical (unpaired) electrons. The maximum absolute atomic E-state index is 9.10. The zero-order valence-corrected chi connectivity index (χ0v) is 18.3. The number of fused-ring (bicyclic) bond motifs is 2. The molecule has 2 heterocycles. The number of hydrogen-bond acceptors (Lipinski definition) is 4. The van der Waals surface area contributed by atoms with Gasteiger partial charge in [0.15, 0.2) is 0 Å². The molecule has 4 rings (SSSR count). The Morgan fingerprint density at radius 2 is 1.57 bits per heavy atom. The summed E-state index contributed by atoms with van der Waals surface area (Å²) in [4.78, 5) is 23.6. The third kappa shape index (κ3) is 4.71. The van der Waals surface area contributed by atoms with Gasteiger partial charge in [-0.1, -0.05) is 55.1 Å². The standard InChI is InChI=1S/C22H27NS.C2H2O4/c1-3-22(15-17-9-8-14-23(2)16-17)18-10-4-6-12-20(18)24-21-13-7-5-11-19(21)22;3-1(4)2(5)6/h4-7,10-13,17H,3,8-9,14-16H2,1-2H3;(H,3,4)(H,5,6). The maximum Gasteiger partial charge on any atom is 0.414 e. The summed E-state index contributed by atoms with van der Waals surface area (Å²) in [7, 11) is 2.28. The second kappa shape index (κ2) is 9.67. The predicted octanol–water partition coefficient (Wildman–Crippen LogP) is 4.73. The molecule has 0 aliphatic carbocycles. The van der Waals surface area contributed by atoms with E-state index in [1.165, 1.54) is 48.6 Å². The fourth-order valence-corrected chi connectivity index (χ4v) is 6.12. The Labute approximate surface area is 182 Å². The third-order valence-corrected chi connectivity index (χ3v) is 7.32. The van der Waals surface area contributed by atoms with Crippen LogP contribution in [-0.2, 0) is 15.0 Å². The molecule has 2 N–H and O–H groups in total. The van der Waals surface area contributed by atoms with Crippen molar-refractivity contribution in [3.8, 4) is 0 Å². The van der Waals surface area contributed by atoms with Gasteiger partial charge in [0.05, 0.1) is 0 Å². The molecule has 1 unspecified atom stereocenters. The normalized spacial score (nSPS) is 19.6. The van der Waals surface area contributed by atoms with E-state index < -0.39 is 11.9 Å². The number of rotatable bonds is 3. The summed E-state index contributed by atoms with van der Waals surface area (Å²) >= 11 is 1.95. The van der Waals surface area contributed by atoms with Gasteiger partial charge in [-0.3, -0.25) is 0 Å². The van der Waals surface area contributed by atoms with Gasteiger partial charge in [-0.25, -0.2) is 9.59 Å². The average Bonchev–Trinajstić information content (AvgIpc) is 2.74. The molecule has 0 aromatic heterocycles. The first-order valence-electron chi connectivity index (χ1n) is 10.4. The Balaban J connectivity index is 0.000000377. The summed E-state index contributed by atoms with van der Waals surface area (Å²) in [5.41, 5.74) is 3.30. The molecule has 0 saturated carbocycles. The van der Waals surface area contributed by atoms with Gasteiger partial charge < -0.3 is 15.1 Å². The molecule has 5 nitrogen and oxygen atoms in total. The van der Waals surface area contributed by atoms with Crippen molar-refractivity contribution in [1.82, 2.24) is 4.90 Å². The molecule has 0 amide bonds. The number of piperidine rings is 1. The van der Waals surface area contributed by atoms with E-state index in [9.17, 15) is 0 Å². The second-order valence-electron chi connectivity index (χ2n) is 8.11. The summed E-state index contributed by atoms with van der Waals surface area (Å²) in [6.07, 6.45) is 5.19. The van der Waals surface area contributed by atoms with Crippen LogP contribution in [0.1, 0.15) is 43.7 Å². The minimum atomic E-state index is -1.82. The Morgan fingerprint density at radius 1 is 1.03 bits per heavy atom. The lowest BCUT2D eigenvalue weighted by Gasteiger charge is -2.44. The van der Waals surface area contributed by atoms with Crippen LogP contribution in [0.2, 0.25) is 0 Å². The van der Waals surface area contributed by atoms with Crippen molar-refractivity contribution in [2.75, 3.05) is 20.1 Å². The van der Waals surface area contributed by atoms with Crippen LogP contribution < -0.4 is 0 Å². The van der Waals surface area contributed by atoms with Crippen LogP contribution in [-0.4, -0.2) is 47.2 Å². The highest BCUT2D eigenvalue weighted by molar-refractivity contribution is 7.99. The highest BCUT2D eigenvalue weighted by atomic mass is 32.2. The molecule has 1 atom stereocenters. The summed E-state index contributed by atoms with van der Waals surface area (Å²) in [5.74, 6) is -2.85. The second-order valence-corrected chi connectivity index (χ2v) is 9.20. The minimum Gasteiger partial charge on any atom is -0.473 e. The van der Waals surface area contributed by atoms with Crippen LogP contribution in [0.25, 0.3) is 0 Å². The molecule has 2 aromatic rings. The molecule has 0 bridgehead atoms. The molecule has 1 fully saturated rings. The number of carbonyl (C=O) groups is 2. The number of aliphatic carboxylic acids is 2. The predicted molar refractivity (Wildman–Crippen MR) is 118 cm³/mol. The van der Waals surface area contributed by atoms with E-state index in [1.54, 1.807) is 11.1 Å². The van der Waals surface area contributed by atoms with E-state index in [2.05, 4.69) is 67.4 Å². The van der Waals surface area contributed by atoms with Gasteiger partial charge >= 0.3 is 11.9 Å². The van der Waals surface area contributed by atoms with Crippen LogP contribution in [0.3, 0.4) is 0 Å². The van der Waals surface area contributed by atoms with E-state index >= 15 is 0 Å². The Hall–Kier alpha value is -2.31. The van der Waals surface area contributed by atoms with Gasteiger partial charge in [0.1, 0.15) is 0 Å². The monoisotopic (exact) mass is 427 g/mol. The molecular formula is C24H29NO4S. The molecule has 2 aromatic carbocycles. The van der Waals surface area contributed by atoms with Crippen LogP contribution in [0, 0.1) is 5.92 Å². The number of carboxylic acids is 2. The first-order valence-corrected chi connectivity index (χ1v) is 11.2. The lowest BCUT2D eigenvalue weighted by atomic mass is 9.66. The average molecular weight is 428 g/mol. The summed E-state index contributed by atoms with van der Waals surface area (Å²) < 4.78 is 0. The van der Waals surface area contributed by atoms with Gasteiger partial charge in [-0.15, -0.1) is 0 Å². The third-order valence-electron chi connectivity index (χ3n) is 6.17. The SMILES string of the molecule is CCC1(CC2CCCN(C)C2)c2ccccc2Sc2ccccc21.O=C(O)C(=O)O. The number of benzene rings is 2. The molecule has 30 heavy (non-hydrogen) atoms. The van der Waals surface area contributed by atoms with Crippen molar-refractivity contribution in [2.24, 2.45) is 5.92 Å². The number of nitrogens with zero attached hydrogens (tertiary/aromatic N) is 1. The fourth-order valence-electron chi connectivity index (χ4n) is 4.84. The Bertz CT molecular complexity index is 856. The van der Waals surface area contributed by atoms with Gasteiger partial charge in [0.25, 0.3) is 0 Å². The molecule has 160 valence electrons. The number of hydrogen-bond donors (Lipinski definition) is 2. The van der Waals surface area contributed by atoms with Crippen molar-refractivity contribution >= 4 is 23.7 Å². The van der Waals surface area contributed by atoms with E-state index in [-0.39, 0.29) is 5.41 Å². The van der Waals surface area contributed by atoms with E-state index in [1.807, 2.05) is 11.8 Å². The summed E-state index contributed by atoms with van der Waals surface area (Å²) in [6, 6.07) is 18.2. The van der Waals surface area contributed by atoms with Gasteiger partial charge in [0, 0.05) is 21.8 Å². The lowest BCUT2D eigenvalue weighted by molar-refractivity contribution is -0.159. The van der Waals surface area contributed by atoms with Crippen molar-refractivity contribution < 1.29 is 19.8 Å². The zero-order valence-electron chi connectivity index (χ0n) is 17.5. The van der Waals surface area contributed by atoms with Crippen molar-refractivity contribution in [3.05, 3.63) is 59.7 Å². The first-order chi connectivity index (χ1) is 14.4. The van der Waals surface area contributed by atoms with E-state index in [0.717, 1.165) is 5.92 Å². The van der Waals surface area contributed by atoms with Gasteiger partial charge in [-0.2, -0.15) is 0 Å². The quantitative estimate of drug-likeness (QED) is 0.689. The van der Waals surface area contributed by atoms with Crippen molar-refractivity contribution in [3.63, 3.8) is 0 Å². The molecule has 1 saturated heterocycles. The number of likely N-dealkylation sites (tertiary alicyclic amines) is 1. The van der Waals surface area contributed by atoms with Crippen LogP contribution in [0.4, 0.5) is 0 Å². The zero-order chi connectivity index (χ0) is 21.7. The summed E-state index contributed by atoms with van der Waals surface area (Å²) in [5, 5.41) is 14.8. The van der Waals surface area contributed by atoms with Crippen molar-refractivity contribution in [1.29, 1.82) is 0 Å². The minimum absolute atomic E-state index is 0.182. The maximum atomic E-state index is 9.10. The number of carboxylic acid groups (broad SMARTS) is 2. The van der Waals surface area contributed by atoms with Crippen molar-refractivity contribution in [2.45, 2.75) is 47.8 Å². The van der Waals surface area contributed by atoms with Gasteiger partial charge in [-0.05, 0) is 68.5 Å². The molecule has 2 aliphatic rings. The first kappa shape index (κ1) is 22.4. The smallest absolute Gasteiger partial charge is 0.414 e. The highest BCUT2D eigenvalue weighted by Gasteiger charge is 2.41. The van der Waals surface area contributed by atoms with Crippen LogP contribution in [0.5, 0.6) is 0 Å².